The first-order chi connectivity index (χ1) is 8.56. The van der Waals surface area contributed by atoms with Crippen LogP contribution in [0.3, 0.4) is 0 Å². The second-order valence-electron chi connectivity index (χ2n) is 5.48. The Balaban J connectivity index is 2.02. The maximum absolute atomic E-state index is 11.1. The molecule has 2 heterocycles. The van der Waals surface area contributed by atoms with Crippen molar-refractivity contribution in [3.8, 4) is 0 Å². The molecule has 0 aromatic carbocycles. The number of carbonyl (C=O) groups excluding carboxylic acids is 1. The van der Waals surface area contributed by atoms with Crippen molar-refractivity contribution in [2.45, 2.75) is 52.0 Å². The van der Waals surface area contributed by atoms with E-state index in [9.17, 15) is 4.79 Å². The number of hydrogen-bond donors (Lipinski definition) is 0. The number of rotatable bonds is 4. The summed E-state index contributed by atoms with van der Waals surface area (Å²) < 4.78 is 0. The minimum Gasteiger partial charge on any atom is -0.300 e. The Bertz CT molecular complexity index is 414. The van der Waals surface area contributed by atoms with Crippen LogP contribution in [-0.4, -0.2) is 34.8 Å². The maximum Gasteiger partial charge on any atom is 0.135 e. The van der Waals surface area contributed by atoms with Gasteiger partial charge in [-0.2, -0.15) is 0 Å². The number of likely N-dealkylation sites (tertiary alicyclic amines) is 1. The summed E-state index contributed by atoms with van der Waals surface area (Å²) in [6.07, 6.45) is 2.97. The number of thiazole rings is 1. The van der Waals surface area contributed by atoms with Crippen molar-refractivity contribution < 1.29 is 4.79 Å². The van der Waals surface area contributed by atoms with Crippen molar-refractivity contribution in [3.63, 3.8) is 0 Å². The van der Waals surface area contributed by atoms with E-state index in [1.54, 1.807) is 18.3 Å². The van der Waals surface area contributed by atoms with E-state index in [1.807, 2.05) is 5.38 Å². The van der Waals surface area contributed by atoms with E-state index >= 15 is 0 Å². The summed E-state index contributed by atoms with van der Waals surface area (Å²) in [6.45, 7) is 8.46. The molecule has 0 spiro atoms. The fourth-order valence-electron chi connectivity index (χ4n) is 2.52. The maximum atomic E-state index is 11.1. The Hall–Kier alpha value is -0.740. The van der Waals surface area contributed by atoms with Crippen LogP contribution in [0.2, 0.25) is 0 Å². The standard InChI is InChI=1S/C14H22N2OS/c1-10(2)16-6-4-5-12(8-16)14-15-13(9-18-14)7-11(3)17/h9-10,12H,4-8H2,1-3H3. The SMILES string of the molecule is CC(=O)Cc1csc(C2CCCN(C(C)C)C2)n1. The second kappa shape index (κ2) is 5.93. The summed E-state index contributed by atoms with van der Waals surface area (Å²) in [5.74, 6) is 0.756. The molecule has 0 radical (unpaired) electrons. The lowest BCUT2D eigenvalue weighted by Crippen LogP contribution is -2.39. The van der Waals surface area contributed by atoms with Gasteiger partial charge in [0.2, 0.25) is 0 Å². The van der Waals surface area contributed by atoms with Crippen LogP contribution in [0.15, 0.2) is 5.38 Å². The van der Waals surface area contributed by atoms with E-state index < -0.39 is 0 Å². The van der Waals surface area contributed by atoms with Crippen LogP contribution < -0.4 is 0 Å². The van der Waals surface area contributed by atoms with Crippen molar-refractivity contribution in [1.82, 2.24) is 9.88 Å². The van der Waals surface area contributed by atoms with Gasteiger partial charge in [0.15, 0.2) is 0 Å². The summed E-state index contributed by atoms with van der Waals surface area (Å²) in [4.78, 5) is 18.3. The number of nitrogens with zero attached hydrogens (tertiary/aromatic N) is 2. The normalized spacial score (nSPS) is 21.4. The lowest BCUT2D eigenvalue weighted by atomic mass is 9.97. The average Bonchev–Trinajstić information content (AvgIpc) is 2.77. The molecule has 4 heteroatoms. The Morgan fingerprint density at radius 3 is 3.06 bits per heavy atom. The zero-order valence-electron chi connectivity index (χ0n) is 11.5. The molecule has 0 aliphatic carbocycles. The topological polar surface area (TPSA) is 33.2 Å². The molecule has 0 N–H and O–H groups in total. The molecular weight excluding hydrogens is 244 g/mol. The fraction of sp³-hybridized carbons (Fsp3) is 0.714. The number of aromatic nitrogens is 1. The van der Waals surface area contributed by atoms with E-state index in [0.717, 1.165) is 12.2 Å². The number of piperidine rings is 1. The smallest absolute Gasteiger partial charge is 0.135 e. The average molecular weight is 266 g/mol. The number of hydrogen-bond acceptors (Lipinski definition) is 4. The molecule has 18 heavy (non-hydrogen) atoms. The van der Waals surface area contributed by atoms with Gasteiger partial charge in [0, 0.05) is 30.3 Å². The van der Waals surface area contributed by atoms with E-state index in [2.05, 4.69) is 23.7 Å². The molecule has 100 valence electrons. The molecule has 3 nitrogen and oxygen atoms in total. The molecule has 0 saturated carbocycles. The molecule has 1 saturated heterocycles. The van der Waals surface area contributed by atoms with Crippen LogP contribution >= 0.6 is 11.3 Å². The first-order valence-corrected chi connectivity index (χ1v) is 7.62. The molecule has 1 aromatic rings. The molecule has 1 fully saturated rings. The van der Waals surface area contributed by atoms with E-state index in [1.165, 1.54) is 24.4 Å². The van der Waals surface area contributed by atoms with Crippen molar-refractivity contribution in [3.05, 3.63) is 16.1 Å². The summed E-state index contributed by atoms with van der Waals surface area (Å²) in [5, 5.41) is 3.27. The fourth-order valence-corrected chi connectivity index (χ4v) is 3.47. The van der Waals surface area contributed by atoms with Gasteiger partial charge in [0.05, 0.1) is 10.7 Å². The molecule has 1 unspecified atom stereocenters. The van der Waals surface area contributed by atoms with Crippen LogP contribution in [0.25, 0.3) is 0 Å². The molecule has 0 amide bonds. The number of ketones is 1. The summed E-state index contributed by atoms with van der Waals surface area (Å²) in [5.41, 5.74) is 0.948. The van der Waals surface area contributed by atoms with Crippen LogP contribution in [0.1, 0.15) is 50.2 Å². The summed E-state index contributed by atoms with van der Waals surface area (Å²) >= 11 is 1.72. The van der Waals surface area contributed by atoms with Crippen molar-refractivity contribution >= 4 is 17.1 Å². The van der Waals surface area contributed by atoms with Gasteiger partial charge in [-0.25, -0.2) is 4.98 Å². The quantitative estimate of drug-likeness (QED) is 0.840. The zero-order valence-corrected chi connectivity index (χ0v) is 12.3. The Labute approximate surface area is 113 Å². The van der Waals surface area contributed by atoms with Crippen LogP contribution in [-0.2, 0) is 11.2 Å². The Kier molecular flexibility index (Phi) is 4.51. The highest BCUT2D eigenvalue weighted by Gasteiger charge is 2.25. The van der Waals surface area contributed by atoms with Crippen LogP contribution in [0.5, 0.6) is 0 Å². The molecule has 1 atom stereocenters. The molecular formula is C14H22N2OS. The van der Waals surface area contributed by atoms with Gasteiger partial charge < -0.3 is 4.90 Å². The summed E-state index contributed by atoms with van der Waals surface area (Å²) in [7, 11) is 0. The Morgan fingerprint density at radius 2 is 2.39 bits per heavy atom. The highest BCUT2D eigenvalue weighted by molar-refractivity contribution is 7.09. The van der Waals surface area contributed by atoms with Crippen molar-refractivity contribution in [2.75, 3.05) is 13.1 Å². The first kappa shape index (κ1) is 13.7. The monoisotopic (exact) mass is 266 g/mol. The number of Topliss-reactive ketones (excluding diaryl/α,β-unsaturated/α-hetero) is 1. The van der Waals surface area contributed by atoms with Gasteiger partial charge in [-0.15, -0.1) is 11.3 Å². The molecule has 2 rings (SSSR count). The van der Waals surface area contributed by atoms with E-state index in [-0.39, 0.29) is 5.78 Å². The summed E-state index contributed by atoms with van der Waals surface area (Å²) in [6, 6.07) is 0.615. The van der Waals surface area contributed by atoms with Gasteiger partial charge in [0.25, 0.3) is 0 Å². The van der Waals surface area contributed by atoms with Gasteiger partial charge in [-0.05, 0) is 40.2 Å². The van der Waals surface area contributed by atoms with Gasteiger partial charge in [-0.1, -0.05) is 0 Å². The van der Waals surface area contributed by atoms with E-state index in [0.29, 0.717) is 18.4 Å². The van der Waals surface area contributed by atoms with Gasteiger partial charge in [-0.3, -0.25) is 4.79 Å². The Morgan fingerprint density at radius 1 is 1.61 bits per heavy atom. The van der Waals surface area contributed by atoms with Crippen LogP contribution in [0.4, 0.5) is 0 Å². The lowest BCUT2D eigenvalue weighted by molar-refractivity contribution is -0.116. The third kappa shape index (κ3) is 3.39. The van der Waals surface area contributed by atoms with Gasteiger partial charge in [0.1, 0.15) is 5.78 Å². The lowest BCUT2D eigenvalue weighted by Gasteiger charge is -2.34. The number of carbonyl (C=O) groups is 1. The minimum atomic E-state index is 0.194. The first-order valence-electron chi connectivity index (χ1n) is 6.74. The molecule has 1 aromatic heterocycles. The second-order valence-corrected chi connectivity index (χ2v) is 6.37. The predicted molar refractivity (Wildman–Crippen MR) is 75.2 cm³/mol. The zero-order chi connectivity index (χ0) is 13.1. The minimum absolute atomic E-state index is 0.194. The third-order valence-corrected chi connectivity index (χ3v) is 4.59. The van der Waals surface area contributed by atoms with Gasteiger partial charge >= 0.3 is 0 Å². The van der Waals surface area contributed by atoms with E-state index in [4.69, 9.17) is 0 Å². The van der Waals surface area contributed by atoms with Crippen LogP contribution in [0, 0.1) is 0 Å². The largest absolute Gasteiger partial charge is 0.300 e. The highest BCUT2D eigenvalue weighted by atomic mass is 32.1. The highest BCUT2D eigenvalue weighted by Crippen LogP contribution is 2.30. The molecule has 0 bridgehead atoms. The molecule has 1 aliphatic rings. The van der Waals surface area contributed by atoms with Crippen molar-refractivity contribution in [2.24, 2.45) is 0 Å². The van der Waals surface area contributed by atoms with Crippen molar-refractivity contribution in [1.29, 1.82) is 0 Å². The molecule has 1 aliphatic heterocycles. The predicted octanol–water partition coefficient (Wildman–Crippen LogP) is 2.86. The third-order valence-electron chi connectivity index (χ3n) is 3.53.